The molecule has 2 rings (SSSR count). The van der Waals surface area contributed by atoms with Gasteiger partial charge in [0, 0.05) is 23.5 Å². The Morgan fingerprint density at radius 3 is 2.77 bits per heavy atom. The van der Waals surface area contributed by atoms with E-state index in [2.05, 4.69) is 39.6 Å². The Labute approximate surface area is 136 Å². The van der Waals surface area contributed by atoms with Crippen LogP contribution < -0.4 is 10.6 Å². The predicted molar refractivity (Wildman–Crippen MR) is 93.2 cm³/mol. The van der Waals surface area contributed by atoms with E-state index >= 15 is 0 Å². The Balaban J connectivity index is 1.94. The van der Waals surface area contributed by atoms with Gasteiger partial charge < -0.3 is 15.5 Å². The highest BCUT2D eigenvalue weighted by Crippen LogP contribution is 2.22. The van der Waals surface area contributed by atoms with Crippen molar-refractivity contribution >= 4 is 29.1 Å². The fraction of sp³-hybridized carbons (Fsp3) is 0.375. The molecule has 0 bridgehead atoms. The van der Waals surface area contributed by atoms with E-state index in [0.29, 0.717) is 5.95 Å². The van der Waals surface area contributed by atoms with Crippen LogP contribution in [-0.4, -0.2) is 42.1 Å². The molecule has 0 unspecified atom stereocenters. The lowest BCUT2D eigenvalue weighted by Gasteiger charge is -2.11. The summed E-state index contributed by atoms with van der Waals surface area (Å²) in [7, 11) is 4.14. The highest BCUT2D eigenvalue weighted by molar-refractivity contribution is 6.31. The van der Waals surface area contributed by atoms with Crippen molar-refractivity contribution in [1.82, 2.24) is 14.9 Å². The number of nitrogens with one attached hydrogen (secondary N) is 2. The molecule has 0 spiro atoms. The van der Waals surface area contributed by atoms with Crippen LogP contribution in [0.15, 0.2) is 30.5 Å². The number of aromatic nitrogens is 2. The molecule has 0 aliphatic heterocycles. The van der Waals surface area contributed by atoms with Crippen molar-refractivity contribution in [2.75, 3.05) is 37.8 Å². The minimum absolute atomic E-state index is 0.553. The molecule has 0 atom stereocenters. The minimum atomic E-state index is 0.553. The molecule has 6 heteroatoms. The van der Waals surface area contributed by atoms with Gasteiger partial charge in [0.2, 0.25) is 5.95 Å². The third kappa shape index (κ3) is 5.16. The minimum Gasteiger partial charge on any atom is -0.370 e. The van der Waals surface area contributed by atoms with E-state index in [1.54, 1.807) is 6.20 Å². The molecule has 0 amide bonds. The summed E-state index contributed by atoms with van der Waals surface area (Å²) in [6.07, 6.45) is 2.80. The van der Waals surface area contributed by atoms with Gasteiger partial charge in [0.1, 0.15) is 5.82 Å². The quantitative estimate of drug-likeness (QED) is 0.764. The molecular weight excluding hydrogens is 298 g/mol. The van der Waals surface area contributed by atoms with Crippen LogP contribution in [-0.2, 0) is 0 Å². The summed E-state index contributed by atoms with van der Waals surface area (Å²) in [5.41, 5.74) is 1.92. The molecule has 2 aromatic rings. The van der Waals surface area contributed by atoms with Crippen molar-refractivity contribution in [2.45, 2.75) is 13.3 Å². The molecule has 2 N–H and O–H groups in total. The zero-order chi connectivity index (χ0) is 15.9. The van der Waals surface area contributed by atoms with Crippen LogP contribution in [0.5, 0.6) is 0 Å². The number of anilines is 3. The van der Waals surface area contributed by atoms with Crippen LogP contribution in [0.25, 0.3) is 0 Å². The van der Waals surface area contributed by atoms with E-state index in [4.69, 9.17) is 11.6 Å². The van der Waals surface area contributed by atoms with Gasteiger partial charge in [0.25, 0.3) is 0 Å². The molecule has 5 nitrogen and oxygen atoms in total. The van der Waals surface area contributed by atoms with E-state index in [-0.39, 0.29) is 0 Å². The number of rotatable bonds is 7. The molecule has 118 valence electrons. The van der Waals surface area contributed by atoms with Gasteiger partial charge in [-0.3, -0.25) is 0 Å². The van der Waals surface area contributed by atoms with E-state index in [0.717, 1.165) is 41.6 Å². The molecule has 22 heavy (non-hydrogen) atoms. The maximum Gasteiger partial charge on any atom is 0.229 e. The van der Waals surface area contributed by atoms with Crippen molar-refractivity contribution in [2.24, 2.45) is 0 Å². The Bertz CT molecular complexity index is 615. The van der Waals surface area contributed by atoms with Crippen LogP contribution in [0.3, 0.4) is 0 Å². The summed E-state index contributed by atoms with van der Waals surface area (Å²) in [6, 6.07) is 7.66. The topological polar surface area (TPSA) is 53.1 Å². The largest absolute Gasteiger partial charge is 0.370 e. The van der Waals surface area contributed by atoms with Crippen LogP contribution >= 0.6 is 11.6 Å². The first-order valence-corrected chi connectivity index (χ1v) is 7.67. The van der Waals surface area contributed by atoms with E-state index in [1.807, 2.05) is 31.2 Å². The van der Waals surface area contributed by atoms with Crippen molar-refractivity contribution in [1.29, 1.82) is 0 Å². The Morgan fingerprint density at radius 1 is 1.23 bits per heavy atom. The standard InChI is InChI=1S/C16H22ClN5/c1-12-5-6-13(11-14(12)17)20-16-19-9-7-15(21-16)18-8-4-10-22(2)3/h5-7,9,11H,4,8,10H2,1-3H3,(H2,18,19,20,21). The Morgan fingerprint density at radius 2 is 2.05 bits per heavy atom. The molecule has 1 aromatic heterocycles. The van der Waals surface area contributed by atoms with Crippen molar-refractivity contribution in [3.05, 3.63) is 41.0 Å². The fourth-order valence-corrected chi connectivity index (χ4v) is 2.11. The molecule has 0 saturated heterocycles. The zero-order valence-electron chi connectivity index (χ0n) is 13.2. The highest BCUT2D eigenvalue weighted by atomic mass is 35.5. The summed E-state index contributed by atoms with van der Waals surface area (Å²) in [6.45, 7) is 3.90. The maximum absolute atomic E-state index is 6.12. The first-order valence-electron chi connectivity index (χ1n) is 7.29. The van der Waals surface area contributed by atoms with Crippen molar-refractivity contribution < 1.29 is 0 Å². The molecule has 0 aliphatic rings. The average molecular weight is 320 g/mol. The monoisotopic (exact) mass is 319 g/mol. The second-order valence-electron chi connectivity index (χ2n) is 5.44. The molecule has 1 aromatic carbocycles. The lowest BCUT2D eigenvalue weighted by molar-refractivity contribution is 0.405. The van der Waals surface area contributed by atoms with Crippen LogP contribution in [0, 0.1) is 6.92 Å². The van der Waals surface area contributed by atoms with Crippen molar-refractivity contribution in [3.63, 3.8) is 0 Å². The van der Waals surface area contributed by atoms with Gasteiger partial charge in [-0.15, -0.1) is 0 Å². The molecule has 0 saturated carbocycles. The number of hydrogen-bond acceptors (Lipinski definition) is 5. The van der Waals surface area contributed by atoms with E-state index in [1.165, 1.54) is 0 Å². The second kappa shape index (κ2) is 7.96. The smallest absolute Gasteiger partial charge is 0.229 e. The number of halogens is 1. The molecule has 0 aliphatic carbocycles. The summed E-state index contributed by atoms with van der Waals surface area (Å²) < 4.78 is 0. The van der Waals surface area contributed by atoms with Gasteiger partial charge in [-0.25, -0.2) is 4.98 Å². The predicted octanol–water partition coefficient (Wildman–Crippen LogP) is 3.55. The summed E-state index contributed by atoms with van der Waals surface area (Å²) in [5.74, 6) is 1.37. The first-order chi connectivity index (χ1) is 10.5. The maximum atomic E-state index is 6.12. The SMILES string of the molecule is Cc1ccc(Nc2nccc(NCCCN(C)C)n2)cc1Cl. The summed E-state index contributed by atoms with van der Waals surface area (Å²) in [4.78, 5) is 10.8. The summed E-state index contributed by atoms with van der Waals surface area (Å²) in [5, 5.41) is 7.19. The number of nitrogens with zero attached hydrogens (tertiary/aromatic N) is 3. The van der Waals surface area contributed by atoms with Crippen LogP contribution in [0.2, 0.25) is 5.02 Å². The third-order valence-corrected chi connectivity index (χ3v) is 3.58. The van der Waals surface area contributed by atoms with Gasteiger partial charge in [-0.1, -0.05) is 17.7 Å². The highest BCUT2D eigenvalue weighted by Gasteiger charge is 2.02. The van der Waals surface area contributed by atoms with E-state index < -0.39 is 0 Å². The Hall–Kier alpha value is -1.85. The van der Waals surface area contributed by atoms with Gasteiger partial charge in [0.15, 0.2) is 0 Å². The van der Waals surface area contributed by atoms with Gasteiger partial charge in [-0.05, 0) is 57.7 Å². The number of benzene rings is 1. The van der Waals surface area contributed by atoms with E-state index in [9.17, 15) is 0 Å². The lowest BCUT2D eigenvalue weighted by Crippen LogP contribution is -2.16. The molecular formula is C16H22ClN5. The van der Waals surface area contributed by atoms with Crippen LogP contribution in [0.1, 0.15) is 12.0 Å². The molecule has 1 heterocycles. The van der Waals surface area contributed by atoms with Crippen molar-refractivity contribution in [3.8, 4) is 0 Å². The zero-order valence-corrected chi connectivity index (χ0v) is 14.0. The molecule has 0 fully saturated rings. The van der Waals surface area contributed by atoms with Crippen LogP contribution in [0.4, 0.5) is 17.5 Å². The van der Waals surface area contributed by atoms with Gasteiger partial charge in [-0.2, -0.15) is 4.98 Å². The number of hydrogen-bond donors (Lipinski definition) is 2. The lowest BCUT2D eigenvalue weighted by atomic mass is 10.2. The Kier molecular flexibility index (Phi) is 5.98. The third-order valence-electron chi connectivity index (χ3n) is 3.17. The normalized spacial score (nSPS) is 10.8. The average Bonchev–Trinajstić information content (AvgIpc) is 2.48. The van der Waals surface area contributed by atoms with Gasteiger partial charge >= 0.3 is 0 Å². The second-order valence-corrected chi connectivity index (χ2v) is 5.85. The number of aryl methyl sites for hydroxylation is 1. The molecule has 0 radical (unpaired) electrons. The van der Waals surface area contributed by atoms with Gasteiger partial charge in [0.05, 0.1) is 0 Å². The first kappa shape index (κ1) is 16.5. The summed E-state index contributed by atoms with van der Waals surface area (Å²) >= 11 is 6.12. The fourth-order valence-electron chi connectivity index (χ4n) is 1.93.